The summed E-state index contributed by atoms with van der Waals surface area (Å²) >= 11 is 3.45. The Kier molecular flexibility index (Phi) is 3.58. The number of nitrogens with one attached hydrogen (secondary N) is 1. The van der Waals surface area contributed by atoms with Crippen LogP contribution in [0.1, 0.15) is 11.1 Å². The van der Waals surface area contributed by atoms with Crippen molar-refractivity contribution in [2.24, 2.45) is 0 Å². The highest BCUT2D eigenvalue weighted by molar-refractivity contribution is 9.10. The Morgan fingerprint density at radius 2 is 2.40 bits per heavy atom. The van der Waals surface area contributed by atoms with Crippen molar-refractivity contribution in [2.45, 2.75) is 13.2 Å². The molecule has 0 aliphatic carbocycles. The first-order valence-corrected chi connectivity index (χ1v) is 5.38. The second-order valence-corrected chi connectivity index (χ2v) is 4.10. The van der Waals surface area contributed by atoms with Crippen molar-refractivity contribution in [3.8, 4) is 5.75 Å². The van der Waals surface area contributed by atoms with Crippen LogP contribution >= 0.6 is 15.9 Å². The SMILES string of the molecule is CONCc1cc(Br)cc2c1OCOC2. The van der Waals surface area contributed by atoms with Crippen LogP contribution in [0.15, 0.2) is 16.6 Å². The number of hydrogen-bond acceptors (Lipinski definition) is 4. The van der Waals surface area contributed by atoms with Crippen LogP contribution in [-0.2, 0) is 22.7 Å². The smallest absolute Gasteiger partial charge is 0.189 e. The molecule has 82 valence electrons. The first kappa shape index (κ1) is 10.9. The molecular weight excluding hydrogens is 262 g/mol. The maximum atomic E-state index is 5.47. The van der Waals surface area contributed by atoms with E-state index in [9.17, 15) is 0 Å². The molecule has 15 heavy (non-hydrogen) atoms. The van der Waals surface area contributed by atoms with E-state index >= 15 is 0 Å². The van der Waals surface area contributed by atoms with Gasteiger partial charge in [-0.15, -0.1) is 0 Å². The quantitative estimate of drug-likeness (QED) is 0.855. The fourth-order valence-electron chi connectivity index (χ4n) is 1.54. The highest BCUT2D eigenvalue weighted by atomic mass is 79.9. The van der Waals surface area contributed by atoms with E-state index in [-0.39, 0.29) is 0 Å². The molecule has 0 aromatic heterocycles. The monoisotopic (exact) mass is 273 g/mol. The molecular formula is C10H12BrNO3. The molecule has 1 N–H and O–H groups in total. The molecule has 0 bridgehead atoms. The third kappa shape index (κ3) is 2.49. The fraction of sp³-hybridized carbons (Fsp3) is 0.400. The molecule has 0 amide bonds. The standard InChI is InChI=1S/C10H12BrNO3/c1-13-12-4-7-2-9(11)3-8-5-14-6-15-10(7)8/h2-3,12H,4-6H2,1H3. The lowest BCUT2D eigenvalue weighted by atomic mass is 10.1. The van der Waals surface area contributed by atoms with Crippen molar-refractivity contribution < 1.29 is 14.3 Å². The van der Waals surface area contributed by atoms with Gasteiger partial charge < -0.3 is 14.3 Å². The normalized spacial score (nSPS) is 14.5. The molecule has 2 rings (SSSR count). The summed E-state index contributed by atoms with van der Waals surface area (Å²) < 4.78 is 11.7. The summed E-state index contributed by atoms with van der Waals surface area (Å²) in [5, 5.41) is 0. The van der Waals surface area contributed by atoms with Gasteiger partial charge in [-0.05, 0) is 12.1 Å². The highest BCUT2D eigenvalue weighted by Crippen LogP contribution is 2.31. The molecule has 1 aromatic carbocycles. The van der Waals surface area contributed by atoms with Crippen LogP contribution < -0.4 is 10.2 Å². The fourth-order valence-corrected chi connectivity index (χ4v) is 2.09. The number of benzene rings is 1. The minimum Gasteiger partial charge on any atom is -0.467 e. The Labute approximate surface area is 96.6 Å². The average molecular weight is 274 g/mol. The lowest BCUT2D eigenvalue weighted by Gasteiger charge is -2.21. The number of halogens is 1. The lowest BCUT2D eigenvalue weighted by molar-refractivity contribution is -0.0177. The van der Waals surface area contributed by atoms with Crippen LogP contribution in [0.3, 0.4) is 0 Å². The van der Waals surface area contributed by atoms with Gasteiger partial charge in [0.05, 0.1) is 13.7 Å². The van der Waals surface area contributed by atoms with Crippen LogP contribution in [0.4, 0.5) is 0 Å². The molecule has 0 unspecified atom stereocenters. The molecule has 0 saturated carbocycles. The van der Waals surface area contributed by atoms with Gasteiger partial charge in [0.1, 0.15) is 5.75 Å². The molecule has 4 nitrogen and oxygen atoms in total. The molecule has 1 aromatic rings. The molecule has 0 spiro atoms. The molecule has 0 fully saturated rings. The molecule has 0 radical (unpaired) electrons. The van der Waals surface area contributed by atoms with E-state index < -0.39 is 0 Å². The molecule has 0 saturated heterocycles. The zero-order valence-corrected chi connectivity index (χ0v) is 9.96. The van der Waals surface area contributed by atoms with Gasteiger partial charge in [0, 0.05) is 22.1 Å². The topological polar surface area (TPSA) is 39.7 Å². The van der Waals surface area contributed by atoms with Crippen molar-refractivity contribution in [1.29, 1.82) is 0 Å². The third-order valence-corrected chi connectivity index (χ3v) is 2.62. The number of rotatable bonds is 3. The Morgan fingerprint density at radius 3 is 3.20 bits per heavy atom. The van der Waals surface area contributed by atoms with Crippen LogP contribution in [-0.4, -0.2) is 13.9 Å². The van der Waals surface area contributed by atoms with Crippen molar-refractivity contribution in [2.75, 3.05) is 13.9 Å². The van der Waals surface area contributed by atoms with Crippen LogP contribution in [0.2, 0.25) is 0 Å². The van der Waals surface area contributed by atoms with E-state index in [1.807, 2.05) is 12.1 Å². The number of fused-ring (bicyclic) bond motifs is 1. The van der Waals surface area contributed by atoms with Crippen molar-refractivity contribution in [3.05, 3.63) is 27.7 Å². The van der Waals surface area contributed by atoms with Crippen molar-refractivity contribution in [1.82, 2.24) is 5.48 Å². The molecule has 1 heterocycles. The van der Waals surface area contributed by atoms with Gasteiger partial charge in [-0.3, -0.25) is 0 Å². The summed E-state index contributed by atoms with van der Waals surface area (Å²) in [6, 6.07) is 4.01. The van der Waals surface area contributed by atoms with Crippen molar-refractivity contribution >= 4 is 15.9 Å². The van der Waals surface area contributed by atoms with E-state index in [4.69, 9.17) is 14.3 Å². The Hall–Kier alpha value is -0.620. The average Bonchev–Trinajstić information content (AvgIpc) is 2.25. The maximum Gasteiger partial charge on any atom is 0.189 e. The second-order valence-electron chi connectivity index (χ2n) is 3.19. The van der Waals surface area contributed by atoms with Gasteiger partial charge in [-0.25, -0.2) is 0 Å². The number of ether oxygens (including phenoxy) is 2. The zero-order valence-electron chi connectivity index (χ0n) is 8.38. The largest absolute Gasteiger partial charge is 0.467 e. The van der Waals surface area contributed by atoms with Crippen molar-refractivity contribution in [3.63, 3.8) is 0 Å². The minimum absolute atomic E-state index is 0.314. The van der Waals surface area contributed by atoms with Gasteiger partial charge >= 0.3 is 0 Å². The van der Waals surface area contributed by atoms with E-state index in [2.05, 4.69) is 21.4 Å². The number of hydroxylamine groups is 1. The Morgan fingerprint density at radius 1 is 1.53 bits per heavy atom. The Bertz CT molecular complexity index is 357. The van der Waals surface area contributed by atoms with Gasteiger partial charge in [0.2, 0.25) is 0 Å². The van der Waals surface area contributed by atoms with E-state index in [1.165, 1.54) is 0 Å². The Balaban J connectivity index is 2.30. The minimum atomic E-state index is 0.314. The summed E-state index contributed by atoms with van der Waals surface area (Å²) in [6.45, 7) is 1.52. The predicted octanol–water partition coefficient (Wildman–Crippen LogP) is 1.97. The van der Waals surface area contributed by atoms with E-state index in [0.717, 1.165) is 21.3 Å². The third-order valence-electron chi connectivity index (χ3n) is 2.16. The summed E-state index contributed by atoms with van der Waals surface area (Å²) in [5.74, 6) is 0.897. The van der Waals surface area contributed by atoms with E-state index in [1.54, 1.807) is 7.11 Å². The van der Waals surface area contributed by atoms with Gasteiger partial charge in [-0.2, -0.15) is 5.48 Å². The van der Waals surface area contributed by atoms with Gasteiger partial charge in [-0.1, -0.05) is 15.9 Å². The van der Waals surface area contributed by atoms with Crippen LogP contribution in [0.25, 0.3) is 0 Å². The zero-order chi connectivity index (χ0) is 10.7. The predicted molar refractivity (Wildman–Crippen MR) is 58.3 cm³/mol. The summed E-state index contributed by atoms with van der Waals surface area (Å²) in [5.41, 5.74) is 4.92. The maximum absolute atomic E-state index is 5.47. The van der Waals surface area contributed by atoms with Gasteiger partial charge in [0.25, 0.3) is 0 Å². The molecule has 0 atom stereocenters. The summed E-state index contributed by atoms with van der Waals surface area (Å²) in [7, 11) is 1.59. The van der Waals surface area contributed by atoms with Gasteiger partial charge in [0.15, 0.2) is 6.79 Å². The number of hydrogen-bond donors (Lipinski definition) is 1. The first-order chi connectivity index (χ1) is 7.31. The van der Waals surface area contributed by atoms with Crippen LogP contribution in [0.5, 0.6) is 5.75 Å². The summed E-state index contributed by atoms with van der Waals surface area (Å²) in [4.78, 5) is 4.82. The molecule has 5 heteroatoms. The van der Waals surface area contributed by atoms with Crippen LogP contribution in [0, 0.1) is 0 Å². The first-order valence-electron chi connectivity index (χ1n) is 4.59. The highest BCUT2D eigenvalue weighted by Gasteiger charge is 2.15. The summed E-state index contributed by atoms with van der Waals surface area (Å²) in [6.07, 6.45) is 0. The second kappa shape index (κ2) is 4.94. The molecule has 1 aliphatic rings. The molecule has 1 aliphatic heterocycles. The lowest BCUT2D eigenvalue weighted by Crippen LogP contribution is -2.17. The van der Waals surface area contributed by atoms with E-state index in [0.29, 0.717) is 19.9 Å².